The van der Waals surface area contributed by atoms with Crippen LogP contribution < -0.4 is 5.32 Å². The van der Waals surface area contributed by atoms with Gasteiger partial charge in [-0.2, -0.15) is 0 Å². The normalized spacial score (nSPS) is 12.9. The molecule has 0 radical (unpaired) electrons. The Labute approximate surface area is 123 Å². The topological polar surface area (TPSA) is 30.5 Å². The molecule has 0 saturated heterocycles. The maximum atomic E-state index is 5.71. The monoisotopic (exact) mass is 279 g/mol. The van der Waals surface area contributed by atoms with Crippen molar-refractivity contribution >= 4 is 0 Å². The average molecular weight is 279 g/mol. The van der Waals surface area contributed by atoms with E-state index in [0.29, 0.717) is 25.7 Å². The molecule has 1 N–H and O–H groups in total. The van der Waals surface area contributed by atoms with Gasteiger partial charge < -0.3 is 14.8 Å². The molecule has 0 amide bonds. The zero-order valence-corrected chi connectivity index (χ0v) is 13.5. The third kappa shape index (κ3) is 6.04. The van der Waals surface area contributed by atoms with Crippen LogP contribution in [0.15, 0.2) is 18.2 Å². The number of hydrogen-bond acceptors (Lipinski definition) is 3. The molecule has 0 saturated carbocycles. The van der Waals surface area contributed by atoms with Gasteiger partial charge in [-0.3, -0.25) is 0 Å². The molecule has 20 heavy (non-hydrogen) atoms. The summed E-state index contributed by atoms with van der Waals surface area (Å²) in [5.41, 5.74) is 3.92. The summed E-state index contributed by atoms with van der Waals surface area (Å²) in [5, 5.41) is 3.31. The van der Waals surface area contributed by atoms with Crippen LogP contribution >= 0.6 is 0 Å². The van der Waals surface area contributed by atoms with E-state index in [4.69, 9.17) is 9.47 Å². The number of hydrogen-bond donors (Lipinski definition) is 1. The minimum atomic E-state index is 0.236. The fourth-order valence-corrected chi connectivity index (χ4v) is 1.97. The molecule has 0 aromatic heterocycles. The van der Waals surface area contributed by atoms with E-state index in [1.165, 1.54) is 16.7 Å². The summed E-state index contributed by atoms with van der Waals surface area (Å²) >= 11 is 0. The first kappa shape index (κ1) is 17.2. The van der Waals surface area contributed by atoms with E-state index in [1.807, 2.05) is 7.05 Å². The van der Waals surface area contributed by atoms with Crippen LogP contribution in [0.3, 0.4) is 0 Å². The van der Waals surface area contributed by atoms with Crippen LogP contribution in [-0.2, 0) is 9.47 Å². The molecular formula is C17H29NO2. The number of nitrogens with one attached hydrogen (secondary N) is 1. The lowest BCUT2D eigenvalue weighted by molar-refractivity contribution is 0.0309. The van der Waals surface area contributed by atoms with Crippen LogP contribution in [0.4, 0.5) is 0 Å². The number of rotatable bonds is 9. The van der Waals surface area contributed by atoms with Gasteiger partial charge in [0.25, 0.3) is 0 Å². The standard InChI is InChI=1S/C17H29NO2/c1-13(2)11-19-8-9-20-12-17(18-5)16-7-6-14(3)15(4)10-16/h6-7,10,13,17-18H,8-9,11-12H2,1-5H3. The minimum Gasteiger partial charge on any atom is -0.379 e. The van der Waals surface area contributed by atoms with Gasteiger partial charge in [0.2, 0.25) is 0 Å². The molecule has 1 aromatic carbocycles. The second-order valence-corrected chi connectivity index (χ2v) is 5.73. The van der Waals surface area contributed by atoms with Crippen molar-refractivity contribution in [3.05, 3.63) is 34.9 Å². The maximum absolute atomic E-state index is 5.71. The average Bonchev–Trinajstić information content (AvgIpc) is 2.41. The highest BCUT2D eigenvalue weighted by atomic mass is 16.5. The van der Waals surface area contributed by atoms with Gasteiger partial charge in [-0.1, -0.05) is 32.0 Å². The summed E-state index contributed by atoms with van der Waals surface area (Å²) in [6.45, 7) is 11.4. The van der Waals surface area contributed by atoms with E-state index >= 15 is 0 Å². The Bertz CT molecular complexity index is 391. The summed E-state index contributed by atoms with van der Waals surface area (Å²) in [6, 6.07) is 6.80. The molecule has 0 aliphatic rings. The molecule has 0 aliphatic heterocycles. The minimum absolute atomic E-state index is 0.236. The van der Waals surface area contributed by atoms with Crippen LogP contribution in [0.25, 0.3) is 0 Å². The van der Waals surface area contributed by atoms with Crippen molar-refractivity contribution in [2.45, 2.75) is 33.7 Å². The van der Waals surface area contributed by atoms with Gasteiger partial charge in [-0.25, -0.2) is 0 Å². The fourth-order valence-electron chi connectivity index (χ4n) is 1.97. The van der Waals surface area contributed by atoms with Crippen LogP contribution in [-0.4, -0.2) is 33.5 Å². The number of aryl methyl sites for hydroxylation is 2. The highest BCUT2D eigenvalue weighted by molar-refractivity contribution is 5.31. The predicted molar refractivity (Wildman–Crippen MR) is 84.2 cm³/mol. The van der Waals surface area contributed by atoms with Crippen LogP contribution in [0.5, 0.6) is 0 Å². The smallest absolute Gasteiger partial charge is 0.0701 e. The van der Waals surface area contributed by atoms with Gasteiger partial charge in [0.1, 0.15) is 0 Å². The molecule has 0 aliphatic carbocycles. The molecule has 0 heterocycles. The summed E-state index contributed by atoms with van der Waals surface area (Å²) in [6.07, 6.45) is 0. The maximum Gasteiger partial charge on any atom is 0.0701 e. The third-order valence-corrected chi connectivity index (χ3v) is 3.39. The van der Waals surface area contributed by atoms with Crippen molar-refractivity contribution in [3.8, 4) is 0 Å². The molecule has 0 fully saturated rings. The Morgan fingerprint density at radius 3 is 2.20 bits per heavy atom. The highest BCUT2D eigenvalue weighted by Crippen LogP contribution is 2.17. The third-order valence-electron chi connectivity index (χ3n) is 3.39. The first-order valence-corrected chi connectivity index (χ1v) is 7.44. The Morgan fingerprint density at radius 2 is 1.65 bits per heavy atom. The van der Waals surface area contributed by atoms with Crippen LogP contribution in [0.1, 0.15) is 36.6 Å². The zero-order chi connectivity index (χ0) is 15.0. The fraction of sp³-hybridized carbons (Fsp3) is 0.647. The van der Waals surface area contributed by atoms with E-state index in [9.17, 15) is 0 Å². The SMILES string of the molecule is CNC(COCCOCC(C)C)c1ccc(C)c(C)c1. The van der Waals surface area contributed by atoms with Crippen molar-refractivity contribution in [1.29, 1.82) is 0 Å². The molecule has 3 heteroatoms. The van der Waals surface area contributed by atoms with Gasteiger partial charge in [0, 0.05) is 6.61 Å². The highest BCUT2D eigenvalue weighted by Gasteiger charge is 2.10. The summed E-state index contributed by atoms with van der Waals surface area (Å²) < 4.78 is 11.2. The quantitative estimate of drug-likeness (QED) is 0.704. The van der Waals surface area contributed by atoms with Gasteiger partial charge in [0.05, 0.1) is 25.9 Å². The van der Waals surface area contributed by atoms with E-state index in [0.717, 1.165) is 6.61 Å². The largest absolute Gasteiger partial charge is 0.379 e. The number of ether oxygens (including phenoxy) is 2. The van der Waals surface area contributed by atoms with Crippen molar-refractivity contribution in [2.75, 3.05) is 33.5 Å². The van der Waals surface area contributed by atoms with Crippen LogP contribution in [0.2, 0.25) is 0 Å². The van der Waals surface area contributed by atoms with Crippen molar-refractivity contribution in [2.24, 2.45) is 5.92 Å². The first-order chi connectivity index (χ1) is 9.54. The molecule has 3 nitrogen and oxygen atoms in total. The molecule has 1 aromatic rings. The molecule has 0 bridgehead atoms. The lowest BCUT2D eigenvalue weighted by atomic mass is 10.0. The lowest BCUT2D eigenvalue weighted by Crippen LogP contribution is -2.23. The van der Waals surface area contributed by atoms with Crippen molar-refractivity contribution in [1.82, 2.24) is 5.32 Å². The van der Waals surface area contributed by atoms with Crippen molar-refractivity contribution in [3.63, 3.8) is 0 Å². The molecule has 1 unspecified atom stereocenters. The van der Waals surface area contributed by atoms with Gasteiger partial charge in [0.15, 0.2) is 0 Å². The summed E-state index contributed by atoms with van der Waals surface area (Å²) in [4.78, 5) is 0. The zero-order valence-electron chi connectivity index (χ0n) is 13.5. The van der Waals surface area contributed by atoms with Crippen LogP contribution in [0, 0.1) is 19.8 Å². The Kier molecular flexibility index (Phi) is 7.82. The number of likely N-dealkylation sites (N-methyl/N-ethyl adjacent to an activating group) is 1. The van der Waals surface area contributed by atoms with Gasteiger partial charge in [-0.15, -0.1) is 0 Å². The summed E-state index contributed by atoms with van der Waals surface area (Å²) in [7, 11) is 1.97. The lowest BCUT2D eigenvalue weighted by Gasteiger charge is -2.18. The Balaban J connectivity index is 2.34. The van der Waals surface area contributed by atoms with Gasteiger partial charge in [-0.05, 0) is 43.5 Å². The van der Waals surface area contributed by atoms with Gasteiger partial charge >= 0.3 is 0 Å². The molecule has 0 spiro atoms. The summed E-state index contributed by atoms with van der Waals surface area (Å²) in [5.74, 6) is 0.579. The molecule has 1 rings (SSSR count). The first-order valence-electron chi connectivity index (χ1n) is 7.44. The van der Waals surface area contributed by atoms with E-state index in [1.54, 1.807) is 0 Å². The van der Waals surface area contributed by atoms with Crippen molar-refractivity contribution < 1.29 is 9.47 Å². The second-order valence-electron chi connectivity index (χ2n) is 5.73. The Morgan fingerprint density at radius 1 is 1.00 bits per heavy atom. The van der Waals surface area contributed by atoms with E-state index in [2.05, 4.69) is 51.2 Å². The van der Waals surface area contributed by atoms with E-state index in [-0.39, 0.29) is 6.04 Å². The second kappa shape index (κ2) is 9.11. The number of benzene rings is 1. The Hall–Kier alpha value is -0.900. The molecule has 1 atom stereocenters. The predicted octanol–water partition coefficient (Wildman–Crippen LogP) is 3.25. The molecular weight excluding hydrogens is 250 g/mol. The van der Waals surface area contributed by atoms with E-state index < -0.39 is 0 Å². The molecule has 114 valence electrons.